The summed E-state index contributed by atoms with van der Waals surface area (Å²) in [4.78, 5) is 20.2. The lowest BCUT2D eigenvalue weighted by molar-refractivity contribution is -0.131. The molecule has 3 heterocycles. The van der Waals surface area contributed by atoms with Crippen LogP contribution in [0.2, 0.25) is 5.15 Å². The van der Waals surface area contributed by atoms with E-state index in [0.717, 1.165) is 11.1 Å². The maximum Gasteiger partial charge on any atom is 0.308 e. The van der Waals surface area contributed by atoms with Crippen LogP contribution in [0.15, 0.2) is 42.6 Å². The van der Waals surface area contributed by atoms with Gasteiger partial charge in [0, 0.05) is 35.7 Å². The van der Waals surface area contributed by atoms with Crippen LogP contribution in [0.1, 0.15) is 12.6 Å². The van der Waals surface area contributed by atoms with Crippen molar-refractivity contribution in [2.24, 2.45) is 0 Å². The Hall–Kier alpha value is -2.99. The largest absolute Gasteiger partial charge is 0.426 e. The number of benzene rings is 1. The first-order chi connectivity index (χ1) is 12.0. The zero-order chi connectivity index (χ0) is 17.6. The van der Waals surface area contributed by atoms with Crippen molar-refractivity contribution < 1.29 is 9.53 Å². The quantitative estimate of drug-likeness (QED) is 0.311. The summed E-state index contributed by atoms with van der Waals surface area (Å²) in [5, 5.41) is 5.49. The minimum Gasteiger partial charge on any atom is -0.426 e. The van der Waals surface area contributed by atoms with Crippen LogP contribution in [0.5, 0.6) is 5.75 Å². The molecule has 6 nitrogen and oxygen atoms in total. The van der Waals surface area contributed by atoms with Gasteiger partial charge in [-0.1, -0.05) is 29.8 Å². The third-order valence-corrected chi connectivity index (χ3v) is 4.05. The average Bonchev–Trinajstić information content (AvgIpc) is 2.95. The maximum atomic E-state index is 11.4. The maximum absolute atomic E-state index is 11.4. The second-order valence-corrected chi connectivity index (χ2v) is 6.00. The van der Waals surface area contributed by atoms with Gasteiger partial charge in [-0.2, -0.15) is 9.61 Å². The number of nitrogens with zero attached hydrogens (tertiary/aromatic N) is 4. The Morgan fingerprint density at radius 2 is 2.00 bits per heavy atom. The topological polar surface area (TPSA) is 69.4 Å². The molecule has 0 saturated heterocycles. The number of ether oxygens (including phenoxy) is 1. The van der Waals surface area contributed by atoms with Gasteiger partial charge in [0.25, 0.3) is 0 Å². The first-order valence-corrected chi connectivity index (χ1v) is 8.00. The summed E-state index contributed by atoms with van der Waals surface area (Å²) in [6.45, 7) is 3.25. The smallest absolute Gasteiger partial charge is 0.308 e. The van der Waals surface area contributed by atoms with Gasteiger partial charge in [-0.25, -0.2) is 9.97 Å². The van der Waals surface area contributed by atoms with E-state index in [4.69, 9.17) is 16.3 Å². The van der Waals surface area contributed by atoms with Crippen molar-refractivity contribution in [3.8, 4) is 16.9 Å². The minimum absolute atomic E-state index is 0.299. The van der Waals surface area contributed by atoms with Gasteiger partial charge < -0.3 is 4.74 Å². The third kappa shape index (κ3) is 2.70. The van der Waals surface area contributed by atoms with Crippen molar-refractivity contribution in [3.63, 3.8) is 0 Å². The van der Waals surface area contributed by atoms with Crippen LogP contribution in [-0.2, 0) is 4.79 Å². The highest BCUT2D eigenvalue weighted by Crippen LogP contribution is 2.35. The highest BCUT2D eigenvalue weighted by atomic mass is 35.5. The summed E-state index contributed by atoms with van der Waals surface area (Å²) >= 11 is 6.44. The number of hydrogen-bond acceptors (Lipinski definition) is 5. The molecule has 25 heavy (non-hydrogen) atoms. The molecule has 0 spiro atoms. The fourth-order valence-corrected chi connectivity index (χ4v) is 2.99. The molecule has 0 N–H and O–H groups in total. The first kappa shape index (κ1) is 15.5. The molecule has 0 radical (unpaired) electrons. The van der Waals surface area contributed by atoms with Gasteiger partial charge in [-0.3, -0.25) is 4.79 Å². The Balaban J connectivity index is 1.96. The van der Waals surface area contributed by atoms with Crippen LogP contribution in [0, 0.1) is 6.92 Å². The number of hydrogen-bond donors (Lipinski definition) is 0. The van der Waals surface area contributed by atoms with Crippen molar-refractivity contribution in [1.82, 2.24) is 19.6 Å². The number of halogens is 1. The molecule has 1 aromatic carbocycles. The SMILES string of the molecule is CC(=O)Oc1ccccc1-c1cc2cnc3cc(C)nn3c2nc1Cl. The minimum atomic E-state index is -0.396. The molecule has 7 heteroatoms. The highest BCUT2D eigenvalue weighted by Gasteiger charge is 2.15. The molecule has 0 fully saturated rings. The van der Waals surface area contributed by atoms with Gasteiger partial charge in [0.2, 0.25) is 0 Å². The Morgan fingerprint density at radius 3 is 2.80 bits per heavy atom. The fourth-order valence-electron chi connectivity index (χ4n) is 2.75. The van der Waals surface area contributed by atoms with E-state index >= 15 is 0 Å². The molecule has 0 aliphatic rings. The van der Waals surface area contributed by atoms with E-state index in [1.807, 2.05) is 31.2 Å². The van der Waals surface area contributed by atoms with Crippen LogP contribution >= 0.6 is 11.6 Å². The van der Waals surface area contributed by atoms with E-state index in [1.54, 1.807) is 22.8 Å². The summed E-state index contributed by atoms with van der Waals surface area (Å²) < 4.78 is 6.95. The lowest BCUT2D eigenvalue weighted by atomic mass is 10.1. The van der Waals surface area contributed by atoms with Crippen LogP contribution < -0.4 is 4.74 Å². The van der Waals surface area contributed by atoms with Crippen LogP contribution in [0.4, 0.5) is 0 Å². The van der Waals surface area contributed by atoms with Crippen LogP contribution in [0.25, 0.3) is 27.8 Å². The summed E-state index contributed by atoms with van der Waals surface area (Å²) in [6.07, 6.45) is 1.73. The molecule has 3 aromatic heterocycles. The van der Waals surface area contributed by atoms with Crippen molar-refractivity contribution in [2.75, 3.05) is 0 Å². The second kappa shape index (κ2) is 5.82. The molecule has 4 aromatic rings. The number of esters is 1. The number of carbonyl (C=O) groups is 1. The van der Waals surface area contributed by atoms with Crippen molar-refractivity contribution in [2.45, 2.75) is 13.8 Å². The van der Waals surface area contributed by atoms with E-state index in [-0.39, 0.29) is 0 Å². The number of aromatic nitrogens is 4. The van der Waals surface area contributed by atoms with Gasteiger partial charge in [0.05, 0.1) is 5.69 Å². The number of para-hydroxylation sites is 1. The Bertz CT molecular complexity index is 1140. The molecular weight excluding hydrogens is 340 g/mol. The molecule has 124 valence electrons. The molecule has 0 unspecified atom stereocenters. The lowest BCUT2D eigenvalue weighted by Gasteiger charge is -2.11. The number of rotatable bonds is 2. The van der Waals surface area contributed by atoms with Crippen molar-refractivity contribution >= 4 is 34.3 Å². The molecule has 0 amide bonds. The Labute approximate surface area is 148 Å². The van der Waals surface area contributed by atoms with Gasteiger partial charge in [-0.05, 0) is 19.1 Å². The molecule has 0 aliphatic heterocycles. The summed E-state index contributed by atoms with van der Waals surface area (Å²) in [5.74, 6) is 0.0368. The first-order valence-electron chi connectivity index (χ1n) is 7.62. The summed E-state index contributed by atoms with van der Waals surface area (Å²) in [7, 11) is 0. The molecule has 0 bridgehead atoms. The predicted molar refractivity (Wildman–Crippen MR) is 94.8 cm³/mol. The predicted octanol–water partition coefficient (Wildman–Crippen LogP) is 3.83. The van der Waals surface area contributed by atoms with Gasteiger partial charge in [0.15, 0.2) is 11.3 Å². The van der Waals surface area contributed by atoms with Crippen molar-refractivity contribution in [3.05, 3.63) is 53.4 Å². The molecule has 0 atom stereocenters. The average molecular weight is 353 g/mol. The van der Waals surface area contributed by atoms with E-state index < -0.39 is 5.97 Å². The Kier molecular flexibility index (Phi) is 3.62. The van der Waals surface area contributed by atoms with Gasteiger partial charge in [-0.15, -0.1) is 0 Å². The highest BCUT2D eigenvalue weighted by molar-refractivity contribution is 6.32. The number of pyridine rings is 1. The lowest BCUT2D eigenvalue weighted by Crippen LogP contribution is -2.03. The molecular formula is C18H13ClN4O2. The van der Waals surface area contributed by atoms with Gasteiger partial charge >= 0.3 is 5.97 Å². The normalized spacial score (nSPS) is 11.2. The second-order valence-electron chi connectivity index (χ2n) is 5.64. The fraction of sp³-hybridized carbons (Fsp3) is 0.111. The number of fused-ring (bicyclic) bond motifs is 3. The number of aryl methyl sites for hydroxylation is 1. The summed E-state index contributed by atoms with van der Waals surface area (Å²) in [6, 6.07) is 10.9. The van der Waals surface area contributed by atoms with E-state index in [0.29, 0.717) is 33.3 Å². The van der Waals surface area contributed by atoms with Crippen LogP contribution in [-0.4, -0.2) is 25.6 Å². The standard InChI is InChI=1S/C18H13ClN4O2/c1-10-7-16-20-9-12-8-14(17(19)21-18(12)23(16)22-10)13-5-3-4-6-15(13)25-11(2)24/h3-9H,1-2H3. The zero-order valence-electron chi connectivity index (χ0n) is 13.5. The molecule has 0 saturated carbocycles. The third-order valence-electron chi connectivity index (χ3n) is 3.76. The molecule has 4 rings (SSSR count). The Morgan fingerprint density at radius 1 is 1.20 bits per heavy atom. The van der Waals surface area contributed by atoms with Crippen LogP contribution in [0.3, 0.4) is 0 Å². The van der Waals surface area contributed by atoms with Crippen molar-refractivity contribution in [1.29, 1.82) is 0 Å². The zero-order valence-corrected chi connectivity index (χ0v) is 14.3. The monoisotopic (exact) mass is 352 g/mol. The molecule has 0 aliphatic carbocycles. The summed E-state index contributed by atoms with van der Waals surface area (Å²) in [5.41, 5.74) is 3.53. The number of carbonyl (C=O) groups excluding carboxylic acids is 1. The van der Waals surface area contributed by atoms with E-state index in [2.05, 4.69) is 15.1 Å². The van der Waals surface area contributed by atoms with Gasteiger partial charge in [0.1, 0.15) is 10.9 Å². The van der Waals surface area contributed by atoms with E-state index in [1.165, 1.54) is 6.92 Å². The van der Waals surface area contributed by atoms with E-state index in [9.17, 15) is 4.79 Å².